The molecule has 0 fully saturated rings. The molecule has 0 aliphatic heterocycles. The van der Waals surface area contributed by atoms with Crippen LogP contribution < -0.4 is 9.47 Å². The summed E-state index contributed by atoms with van der Waals surface area (Å²) in [5.74, 6) is 1.03. The second kappa shape index (κ2) is 15.0. The van der Waals surface area contributed by atoms with Crippen molar-refractivity contribution < 1.29 is 28.7 Å². The number of Topliss-reactive ketones (excluding diaryl/α,β-unsaturated/α-hetero) is 1. The van der Waals surface area contributed by atoms with Crippen LogP contribution in [0.2, 0.25) is 0 Å². The summed E-state index contributed by atoms with van der Waals surface area (Å²) in [6.07, 6.45) is 0. The predicted octanol–water partition coefficient (Wildman–Crippen LogP) is 8.12. The van der Waals surface area contributed by atoms with Gasteiger partial charge in [0.2, 0.25) is 0 Å². The maximum atomic E-state index is 12.5. The molecule has 0 atom stereocenters. The Morgan fingerprint density at radius 1 is 0.841 bits per heavy atom. The number of ether oxygens (including phenoxy) is 3. The molecule has 0 aliphatic rings. The van der Waals surface area contributed by atoms with Gasteiger partial charge in [-0.1, -0.05) is 40.2 Å². The molecule has 0 radical (unpaired) electrons. The van der Waals surface area contributed by atoms with Crippen molar-refractivity contribution in [1.29, 1.82) is 0 Å². The summed E-state index contributed by atoms with van der Waals surface area (Å²) in [6, 6.07) is 26.1. The van der Waals surface area contributed by atoms with Gasteiger partial charge in [0, 0.05) is 33.7 Å². The van der Waals surface area contributed by atoms with E-state index in [0.29, 0.717) is 22.0 Å². The van der Waals surface area contributed by atoms with E-state index in [2.05, 4.69) is 15.9 Å². The Kier molecular flexibility index (Phi) is 11.0. The highest BCUT2D eigenvalue weighted by Gasteiger charge is 2.22. The molecule has 9 nitrogen and oxygen atoms in total. The molecule has 4 aromatic carbocycles. The van der Waals surface area contributed by atoms with E-state index in [1.54, 1.807) is 74.9 Å². The summed E-state index contributed by atoms with van der Waals surface area (Å²) in [5.41, 5.74) is 4.10. The van der Waals surface area contributed by atoms with E-state index < -0.39 is 10.9 Å². The summed E-state index contributed by atoms with van der Waals surface area (Å²) in [4.78, 5) is 39.4. The minimum atomic E-state index is -0.577. The molecule has 0 N–H and O–H groups in total. The molecule has 0 saturated heterocycles. The first kappa shape index (κ1) is 32.1. The minimum Gasteiger partial charge on any atom is -0.497 e. The number of benzene rings is 4. The van der Waals surface area contributed by atoms with Crippen LogP contribution in [0.1, 0.15) is 20.7 Å². The fourth-order valence-corrected chi connectivity index (χ4v) is 5.36. The van der Waals surface area contributed by atoms with E-state index in [4.69, 9.17) is 19.2 Å². The number of rotatable bonds is 9. The van der Waals surface area contributed by atoms with Crippen molar-refractivity contribution in [1.82, 2.24) is 4.98 Å². The Bertz CT molecular complexity index is 1770. The molecule has 11 heteroatoms. The van der Waals surface area contributed by atoms with Gasteiger partial charge in [-0.2, -0.15) is 0 Å². The number of para-hydroxylation sites is 1. The third-order valence-corrected chi connectivity index (χ3v) is 7.89. The molecular formula is C33H27BrN2O7S. The van der Waals surface area contributed by atoms with Crippen LogP contribution in [0.25, 0.3) is 33.0 Å². The van der Waals surface area contributed by atoms with Gasteiger partial charge in [-0.25, -0.2) is 9.78 Å². The number of alkyl halides is 1. The molecule has 1 aromatic heterocycles. The molecule has 44 heavy (non-hydrogen) atoms. The van der Waals surface area contributed by atoms with Crippen molar-refractivity contribution in [2.24, 2.45) is 0 Å². The second-order valence-corrected chi connectivity index (χ2v) is 10.5. The van der Waals surface area contributed by atoms with Crippen molar-refractivity contribution in [3.8, 4) is 44.5 Å². The fourth-order valence-electron chi connectivity index (χ4n) is 4.21. The molecule has 0 spiro atoms. The number of esters is 1. The first-order valence-electron chi connectivity index (χ1n) is 13.1. The van der Waals surface area contributed by atoms with E-state index in [0.717, 1.165) is 33.3 Å². The maximum Gasteiger partial charge on any atom is 0.338 e. The first-order valence-corrected chi connectivity index (χ1v) is 15.1. The van der Waals surface area contributed by atoms with Crippen LogP contribution in [-0.2, 0) is 4.74 Å². The van der Waals surface area contributed by atoms with Crippen molar-refractivity contribution >= 4 is 44.7 Å². The van der Waals surface area contributed by atoms with Crippen molar-refractivity contribution in [3.63, 3.8) is 0 Å². The topological polar surface area (TPSA) is 118 Å². The van der Waals surface area contributed by atoms with Crippen molar-refractivity contribution in [3.05, 3.63) is 118 Å². The Labute approximate surface area is 266 Å². The number of hydrogen-bond acceptors (Lipinski definition) is 9. The lowest BCUT2D eigenvalue weighted by Crippen LogP contribution is -2.05. The molecule has 0 unspecified atom stereocenters. The van der Waals surface area contributed by atoms with Crippen LogP contribution in [-0.4, -0.2) is 48.3 Å². The summed E-state index contributed by atoms with van der Waals surface area (Å²) < 4.78 is 15.1. The number of ketones is 1. The summed E-state index contributed by atoms with van der Waals surface area (Å²) in [6.45, 7) is 0. The van der Waals surface area contributed by atoms with Gasteiger partial charge in [0.25, 0.3) is 5.69 Å². The lowest BCUT2D eigenvalue weighted by atomic mass is 9.96. The Balaban J connectivity index is 0.000000309. The fraction of sp³-hybridized carbons (Fsp3) is 0.121. The van der Waals surface area contributed by atoms with E-state index >= 15 is 0 Å². The van der Waals surface area contributed by atoms with Gasteiger partial charge in [0.1, 0.15) is 16.5 Å². The molecule has 5 aromatic rings. The second-order valence-electron chi connectivity index (χ2n) is 9.08. The quantitative estimate of drug-likeness (QED) is 0.0506. The van der Waals surface area contributed by atoms with Crippen LogP contribution in [0.15, 0.2) is 96.4 Å². The van der Waals surface area contributed by atoms with Gasteiger partial charge < -0.3 is 14.2 Å². The van der Waals surface area contributed by atoms with Gasteiger partial charge in [-0.15, -0.1) is 11.3 Å². The zero-order chi connectivity index (χ0) is 31.6. The van der Waals surface area contributed by atoms with Crippen LogP contribution >= 0.6 is 27.3 Å². The first-order chi connectivity index (χ1) is 21.3. The van der Waals surface area contributed by atoms with Crippen molar-refractivity contribution in [2.75, 3.05) is 26.7 Å². The maximum absolute atomic E-state index is 12.5. The van der Waals surface area contributed by atoms with Gasteiger partial charge in [-0.05, 0) is 60.7 Å². The van der Waals surface area contributed by atoms with E-state index in [1.807, 2.05) is 29.6 Å². The summed E-state index contributed by atoms with van der Waals surface area (Å²) in [7, 11) is 4.49. The van der Waals surface area contributed by atoms with Gasteiger partial charge in [0.15, 0.2) is 5.78 Å². The molecule has 5 rings (SSSR count). The smallest absolute Gasteiger partial charge is 0.338 e. The van der Waals surface area contributed by atoms with E-state index in [9.17, 15) is 19.7 Å². The molecule has 0 bridgehead atoms. The number of thiazole rings is 1. The van der Waals surface area contributed by atoms with Gasteiger partial charge in [-0.3, -0.25) is 14.9 Å². The van der Waals surface area contributed by atoms with Crippen LogP contribution in [0, 0.1) is 10.1 Å². The number of carbonyl (C=O) groups is 2. The van der Waals surface area contributed by atoms with Crippen LogP contribution in [0.4, 0.5) is 5.69 Å². The summed E-state index contributed by atoms with van der Waals surface area (Å²) in [5, 5.41) is 14.5. The lowest BCUT2D eigenvalue weighted by Gasteiger charge is -2.10. The molecule has 0 aliphatic carbocycles. The number of methoxy groups -OCH3 is 3. The molecule has 0 saturated carbocycles. The number of nitrogens with zero attached hydrogens (tertiary/aromatic N) is 2. The number of carbonyl (C=O) groups excluding carboxylic acids is 2. The molecular weight excluding hydrogens is 648 g/mol. The Morgan fingerprint density at radius 2 is 1.45 bits per heavy atom. The monoisotopic (exact) mass is 674 g/mol. The number of hydrogen-bond donors (Lipinski definition) is 0. The average molecular weight is 676 g/mol. The number of halogens is 1. The summed E-state index contributed by atoms with van der Waals surface area (Å²) >= 11 is 4.55. The third-order valence-electron chi connectivity index (χ3n) is 6.49. The minimum absolute atomic E-state index is 0.0812. The third kappa shape index (κ3) is 7.55. The van der Waals surface area contributed by atoms with E-state index in [1.165, 1.54) is 24.5 Å². The average Bonchev–Trinajstić information content (AvgIpc) is 3.58. The van der Waals surface area contributed by atoms with Crippen LogP contribution in [0.3, 0.4) is 0 Å². The highest BCUT2D eigenvalue weighted by molar-refractivity contribution is 9.09. The normalized spacial score (nSPS) is 10.3. The predicted molar refractivity (Wildman–Crippen MR) is 174 cm³/mol. The Morgan fingerprint density at radius 3 is 2.05 bits per heavy atom. The van der Waals surface area contributed by atoms with Crippen molar-refractivity contribution in [2.45, 2.75) is 0 Å². The zero-order valence-electron chi connectivity index (χ0n) is 24.0. The molecule has 0 amide bonds. The number of nitro benzene ring substituents is 1. The Hall–Kier alpha value is -4.87. The lowest BCUT2D eigenvalue weighted by molar-refractivity contribution is -0.384. The zero-order valence-corrected chi connectivity index (χ0v) is 26.4. The molecule has 224 valence electrons. The highest BCUT2D eigenvalue weighted by Crippen LogP contribution is 2.36. The van der Waals surface area contributed by atoms with Gasteiger partial charge >= 0.3 is 5.97 Å². The number of aromatic nitrogens is 1. The molecule has 1 heterocycles. The van der Waals surface area contributed by atoms with E-state index in [-0.39, 0.29) is 17.0 Å². The van der Waals surface area contributed by atoms with Gasteiger partial charge in [0.05, 0.1) is 48.4 Å². The highest BCUT2D eigenvalue weighted by atomic mass is 79.9. The standard InChI is InChI=1S/C24H18N2O5S.C9H9BrO2/c1-30-17-10-7-15(8-11-17)21-14-32-23(25-21)16-9-12-18(20(13-16)24(27)31-2)19-5-3-4-6-22(19)26(28)29;1-12-8-4-2-7(3-5-8)9(11)6-10/h3-14H,1-2H3;2-5H,6H2,1H3. The van der Waals surface area contributed by atoms with Crippen LogP contribution in [0.5, 0.6) is 11.5 Å². The SMILES string of the molecule is COC(=O)c1cc(-c2nc(-c3ccc(OC)cc3)cs2)ccc1-c1ccccc1[N+](=O)[O-].COc1ccc(C(=O)CBr)cc1. The largest absolute Gasteiger partial charge is 0.497 e. The number of nitro groups is 1.